The van der Waals surface area contributed by atoms with E-state index in [0.29, 0.717) is 18.1 Å². The summed E-state index contributed by atoms with van der Waals surface area (Å²) in [6.07, 6.45) is 12.6. The van der Waals surface area contributed by atoms with Crippen LogP contribution >= 0.6 is 0 Å². The molecule has 0 saturated heterocycles. The molecule has 0 spiro atoms. The minimum Gasteiger partial charge on any atom is -0.348 e. The van der Waals surface area contributed by atoms with Gasteiger partial charge in [0.2, 0.25) is 0 Å². The lowest BCUT2D eigenvalue weighted by atomic mass is 9.85. The number of benzene rings is 1. The van der Waals surface area contributed by atoms with Crippen molar-refractivity contribution in [2.24, 2.45) is 5.92 Å². The smallest absolute Gasteiger partial charge is 0.163 e. The molecule has 1 fully saturated rings. The molecule has 3 aliphatic rings. The number of hydrogen-bond donors (Lipinski definition) is 0. The standard InChI is InChI=1S/C21H23N3O/c25-21(12-16-4-2-1-3-5-16)18-8-6-17(7-9-18)13-24-11-10-19-20(14-24)23-15-22-19/h6-11,14-16H,1-5,12-13H2. The number of ketones is 1. The summed E-state index contributed by atoms with van der Waals surface area (Å²) in [5.41, 5.74) is 3.84. The Labute approximate surface area is 148 Å². The lowest BCUT2D eigenvalue weighted by Gasteiger charge is -2.20. The SMILES string of the molecule is O=C(CC1CCCCC1)c1ccc(Cn2ccc3ncnc-3c2)cc1. The molecule has 0 atom stereocenters. The van der Waals surface area contributed by atoms with E-state index >= 15 is 0 Å². The Morgan fingerprint density at radius 1 is 1.00 bits per heavy atom. The van der Waals surface area contributed by atoms with E-state index in [1.807, 2.05) is 30.6 Å². The van der Waals surface area contributed by atoms with Gasteiger partial charge in [-0.05, 0) is 17.5 Å². The van der Waals surface area contributed by atoms with Crippen LogP contribution in [0.3, 0.4) is 0 Å². The first-order valence-electron chi connectivity index (χ1n) is 9.16. The van der Waals surface area contributed by atoms with E-state index in [9.17, 15) is 4.79 Å². The number of rotatable bonds is 5. The zero-order chi connectivity index (χ0) is 17.1. The van der Waals surface area contributed by atoms with Crippen LogP contribution in [0.1, 0.15) is 54.4 Å². The highest BCUT2D eigenvalue weighted by atomic mass is 16.1. The van der Waals surface area contributed by atoms with E-state index in [4.69, 9.17) is 0 Å². The van der Waals surface area contributed by atoms with Crippen molar-refractivity contribution in [3.8, 4) is 11.4 Å². The van der Waals surface area contributed by atoms with Gasteiger partial charge in [-0.1, -0.05) is 56.4 Å². The second-order valence-corrected chi connectivity index (χ2v) is 7.09. The second kappa shape index (κ2) is 7.18. The average molecular weight is 333 g/mol. The van der Waals surface area contributed by atoms with Gasteiger partial charge in [0.25, 0.3) is 0 Å². The Hall–Kier alpha value is -2.49. The largest absolute Gasteiger partial charge is 0.348 e. The summed E-state index contributed by atoms with van der Waals surface area (Å²) in [4.78, 5) is 20.9. The maximum absolute atomic E-state index is 12.5. The van der Waals surface area contributed by atoms with Gasteiger partial charge >= 0.3 is 0 Å². The minimum atomic E-state index is 0.291. The molecule has 4 nitrogen and oxygen atoms in total. The normalized spacial score (nSPS) is 15.5. The summed E-state index contributed by atoms with van der Waals surface area (Å²) >= 11 is 0. The van der Waals surface area contributed by atoms with Crippen LogP contribution in [0.4, 0.5) is 0 Å². The lowest BCUT2D eigenvalue weighted by Crippen LogP contribution is -2.12. The zero-order valence-corrected chi connectivity index (χ0v) is 14.4. The molecule has 2 heterocycles. The van der Waals surface area contributed by atoms with Crippen LogP contribution in [0.15, 0.2) is 49.1 Å². The number of aromatic nitrogens is 3. The third kappa shape index (κ3) is 3.78. The molecule has 2 aliphatic heterocycles. The Morgan fingerprint density at radius 3 is 2.56 bits per heavy atom. The molecule has 0 bridgehead atoms. The van der Waals surface area contributed by atoms with Crippen LogP contribution in [0, 0.1) is 5.92 Å². The van der Waals surface area contributed by atoms with Crippen molar-refractivity contribution in [1.29, 1.82) is 0 Å². The number of carbonyl (C=O) groups excluding carboxylic acids is 1. The minimum absolute atomic E-state index is 0.291. The maximum atomic E-state index is 12.5. The summed E-state index contributed by atoms with van der Waals surface area (Å²) in [6.45, 7) is 0.764. The Morgan fingerprint density at radius 2 is 1.76 bits per heavy atom. The molecule has 1 aromatic rings. The zero-order valence-electron chi connectivity index (χ0n) is 14.4. The van der Waals surface area contributed by atoms with E-state index in [2.05, 4.69) is 26.7 Å². The summed E-state index contributed by atoms with van der Waals surface area (Å²) in [5, 5.41) is 0. The average Bonchev–Trinajstić information content (AvgIpc) is 3.11. The highest BCUT2D eigenvalue weighted by Gasteiger charge is 2.18. The van der Waals surface area contributed by atoms with Crippen molar-refractivity contribution < 1.29 is 4.79 Å². The summed E-state index contributed by atoms with van der Waals surface area (Å²) in [6, 6.07) is 10.0. The third-order valence-corrected chi connectivity index (χ3v) is 5.21. The summed E-state index contributed by atoms with van der Waals surface area (Å²) in [7, 11) is 0. The third-order valence-electron chi connectivity index (χ3n) is 5.21. The predicted molar refractivity (Wildman–Crippen MR) is 97.7 cm³/mol. The molecule has 4 heteroatoms. The molecule has 0 aromatic heterocycles. The molecule has 0 radical (unpaired) electrons. The molecule has 4 rings (SSSR count). The number of imidazole rings is 1. The molecule has 1 aromatic carbocycles. The number of nitrogens with zero attached hydrogens (tertiary/aromatic N) is 3. The fourth-order valence-electron chi connectivity index (χ4n) is 3.76. The molecule has 0 unspecified atom stereocenters. The predicted octanol–water partition coefficient (Wildman–Crippen LogP) is 4.58. The van der Waals surface area contributed by atoms with Crippen molar-refractivity contribution >= 4 is 5.78 Å². The van der Waals surface area contributed by atoms with Gasteiger partial charge in [-0.15, -0.1) is 0 Å². The number of pyridine rings is 1. The van der Waals surface area contributed by atoms with Crippen LogP contribution in [0.2, 0.25) is 0 Å². The van der Waals surface area contributed by atoms with Crippen LogP contribution in [-0.4, -0.2) is 20.3 Å². The van der Waals surface area contributed by atoms with Crippen molar-refractivity contribution in [2.45, 2.75) is 45.1 Å². The van der Waals surface area contributed by atoms with Gasteiger partial charge in [0.05, 0.1) is 5.69 Å². The van der Waals surface area contributed by atoms with Crippen LogP contribution < -0.4 is 0 Å². The fourth-order valence-corrected chi connectivity index (χ4v) is 3.76. The van der Waals surface area contributed by atoms with Crippen molar-refractivity contribution in [3.63, 3.8) is 0 Å². The topological polar surface area (TPSA) is 47.8 Å². The fraction of sp³-hybridized carbons (Fsp3) is 0.381. The number of Topliss-reactive ketones (excluding diaryl/α,β-unsaturated/α-hetero) is 1. The Kier molecular flexibility index (Phi) is 4.59. The summed E-state index contributed by atoms with van der Waals surface area (Å²) in [5.74, 6) is 0.883. The molecule has 25 heavy (non-hydrogen) atoms. The highest BCUT2D eigenvalue weighted by Crippen LogP contribution is 2.27. The van der Waals surface area contributed by atoms with Crippen LogP contribution in [-0.2, 0) is 6.54 Å². The number of hydrogen-bond acceptors (Lipinski definition) is 3. The van der Waals surface area contributed by atoms with E-state index in [0.717, 1.165) is 23.5 Å². The van der Waals surface area contributed by atoms with Gasteiger partial charge in [-0.2, -0.15) is 0 Å². The first kappa shape index (κ1) is 16.0. The molecule has 128 valence electrons. The van der Waals surface area contributed by atoms with Crippen molar-refractivity contribution in [2.75, 3.05) is 0 Å². The first-order chi connectivity index (χ1) is 12.3. The van der Waals surface area contributed by atoms with Gasteiger partial charge in [0.15, 0.2) is 5.78 Å². The number of fused-ring (bicyclic) bond motifs is 1. The van der Waals surface area contributed by atoms with E-state index < -0.39 is 0 Å². The molecule has 0 amide bonds. The quantitative estimate of drug-likeness (QED) is 0.642. The van der Waals surface area contributed by atoms with Gasteiger partial charge in [-0.25, -0.2) is 9.97 Å². The van der Waals surface area contributed by atoms with E-state index in [-0.39, 0.29) is 0 Å². The molecular formula is C21H23N3O. The molecule has 0 N–H and O–H groups in total. The van der Waals surface area contributed by atoms with Crippen molar-refractivity contribution in [3.05, 3.63) is 60.2 Å². The van der Waals surface area contributed by atoms with Crippen molar-refractivity contribution in [1.82, 2.24) is 14.5 Å². The number of carbonyl (C=O) groups is 1. The molecule has 1 saturated carbocycles. The van der Waals surface area contributed by atoms with Crippen LogP contribution in [0.25, 0.3) is 11.4 Å². The molecular weight excluding hydrogens is 310 g/mol. The van der Waals surface area contributed by atoms with Gasteiger partial charge in [-0.3, -0.25) is 4.79 Å². The van der Waals surface area contributed by atoms with Gasteiger partial charge in [0.1, 0.15) is 12.0 Å². The van der Waals surface area contributed by atoms with Gasteiger partial charge in [0, 0.05) is 30.9 Å². The van der Waals surface area contributed by atoms with Crippen LogP contribution in [0.5, 0.6) is 0 Å². The Bertz CT molecular complexity index is 815. The maximum Gasteiger partial charge on any atom is 0.163 e. The monoisotopic (exact) mass is 333 g/mol. The summed E-state index contributed by atoms with van der Waals surface area (Å²) < 4.78 is 2.09. The second-order valence-electron chi connectivity index (χ2n) is 7.09. The van der Waals surface area contributed by atoms with E-state index in [1.165, 1.54) is 37.7 Å². The Balaban J connectivity index is 1.41. The highest BCUT2D eigenvalue weighted by molar-refractivity contribution is 5.96. The van der Waals surface area contributed by atoms with E-state index in [1.54, 1.807) is 6.33 Å². The lowest BCUT2D eigenvalue weighted by molar-refractivity contribution is 0.0950. The molecule has 1 aliphatic carbocycles. The van der Waals surface area contributed by atoms with Gasteiger partial charge < -0.3 is 4.57 Å². The first-order valence-corrected chi connectivity index (χ1v) is 9.16.